The maximum absolute atomic E-state index is 16.2. The average Bonchev–Trinajstić information content (AvgIpc) is 0.974. The van der Waals surface area contributed by atoms with Gasteiger partial charge in [-0.3, -0.25) is 0 Å². The number of benzene rings is 10. The number of aliphatic hydroxyl groups excluding tert-OH is 1. The molecule has 1 radical (unpaired) electrons. The van der Waals surface area contributed by atoms with Crippen molar-refractivity contribution in [3.63, 3.8) is 0 Å². The first kappa shape index (κ1) is 84.1. The van der Waals surface area contributed by atoms with Crippen molar-refractivity contribution >= 4 is 43.1 Å². The molecule has 0 spiro atoms. The van der Waals surface area contributed by atoms with Crippen molar-refractivity contribution < 1.29 is 58.7 Å². The maximum Gasteiger partial charge on any atom is 0.127 e. The van der Waals surface area contributed by atoms with Gasteiger partial charge in [-0.25, -0.2) is 15.9 Å². The Kier molecular flexibility index (Phi) is 26.2. The van der Waals surface area contributed by atoms with Crippen molar-refractivity contribution in [3.8, 4) is 56.0 Å². The summed E-state index contributed by atoms with van der Waals surface area (Å²) in [5.41, 5.74) is 14.8. The number of halogens is 2. The molecule has 10 aromatic carbocycles. The first-order valence-electron chi connectivity index (χ1n) is 37.8. The number of hydrogen-bond donors (Lipinski definition) is 1. The summed E-state index contributed by atoms with van der Waals surface area (Å²) >= 11 is 0. The number of ether oxygens (including phenoxy) is 4. The van der Waals surface area contributed by atoms with Crippen molar-refractivity contribution in [2.75, 3.05) is 26.4 Å². The van der Waals surface area contributed by atoms with Crippen LogP contribution in [0, 0.1) is 37.0 Å². The number of fused-ring (bicyclic) bond motifs is 4. The fourth-order valence-electron chi connectivity index (χ4n) is 16.0. The number of aliphatic hydroxyl groups is 1. The van der Waals surface area contributed by atoms with Gasteiger partial charge in [-0.1, -0.05) is 237 Å². The van der Waals surface area contributed by atoms with Crippen LogP contribution in [0.25, 0.3) is 87.6 Å². The Hall–Kier alpha value is -6.55. The molecular weight excluding hydrogens is 1330 g/mol. The second-order valence-corrected chi connectivity index (χ2v) is 37.5. The van der Waals surface area contributed by atoms with E-state index in [0.29, 0.717) is 48.7 Å². The second kappa shape index (κ2) is 32.7. The van der Waals surface area contributed by atoms with Gasteiger partial charge in [0.25, 0.3) is 0 Å². The number of unbranched alkanes of at least 4 members (excludes halogenated alkanes) is 2. The topological polar surface area (TPSA) is 57.2 Å². The van der Waals surface area contributed by atoms with E-state index in [2.05, 4.69) is 269 Å². The van der Waals surface area contributed by atoms with Gasteiger partial charge in [0.2, 0.25) is 0 Å². The van der Waals surface area contributed by atoms with E-state index in [4.69, 9.17) is 18.9 Å². The summed E-state index contributed by atoms with van der Waals surface area (Å²) in [5, 5.41) is 21.0. The van der Waals surface area contributed by atoms with Crippen LogP contribution in [0.2, 0.25) is 0 Å². The Morgan fingerprint density at radius 2 is 0.743 bits per heavy atom. The quantitative estimate of drug-likeness (QED) is 0.0497. The van der Waals surface area contributed by atoms with Gasteiger partial charge in [0, 0.05) is 56.8 Å². The molecule has 8 heteroatoms. The molecule has 0 bridgehead atoms. The average molecular weight is 1450 g/mol. The molecule has 0 amide bonds. The zero-order chi connectivity index (χ0) is 75.2. The molecule has 10 aromatic rings. The Morgan fingerprint density at radius 3 is 1.10 bits per heavy atom. The number of hydrogen-bond acceptors (Lipinski definition) is 5. The molecule has 1 fully saturated rings. The van der Waals surface area contributed by atoms with Gasteiger partial charge in [0.15, 0.2) is 0 Å². The van der Waals surface area contributed by atoms with Crippen LogP contribution in [0.1, 0.15) is 242 Å². The SMILES string of the molecule is C1CCOC1.[CH2-]OCc1c(-c2cc(F)ccc2OCCCCCOc2ccc(F)cc2-c2cc(C(C)(C)CC(C)(C)C)cc(-c3c4ccc(C(C)(C)C)cc4cc4ccc(C(C)(C)C)cc34)c2CO)cc(C(C)(C)CC(C)(C)C)cc1-c1c2ccc(C(C)(C)C)cc2cc2ccc(C(C)(C)C)cc12.[CH3-].[Sc]. The molecular formula is C97H122F2O5Sc-2. The van der Waals surface area contributed by atoms with Crippen molar-refractivity contribution in [2.24, 2.45) is 10.8 Å². The number of rotatable bonds is 19. The van der Waals surface area contributed by atoms with Gasteiger partial charge in [-0.2, -0.15) is 0 Å². The third-order valence-electron chi connectivity index (χ3n) is 20.9. The van der Waals surface area contributed by atoms with E-state index in [1.54, 1.807) is 24.3 Å². The van der Waals surface area contributed by atoms with E-state index in [0.717, 1.165) is 131 Å². The van der Waals surface area contributed by atoms with Gasteiger partial charge in [-0.15, -0.1) is 0 Å². The molecule has 1 N–H and O–H groups in total. The van der Waals surface area contributed by atoms with Crippen molar-refractivity contribution in [1.82, 2.24) is 0 Å². The van der Waals surface area contributed by atoms with Crippen molar-refractivity contribution in [3.05, 3.63) is 216 Å². The monoisotopic (exact) mass is 1450 g/mol. The van der Waals surface area contributed by atoms with Crippen molar-refractivity contribution in [1.29, 1.82) is 0 Å². The molecule has 1 heterocycles. The minimum absolute atomic E-state index is 0. The largest absolute Gasteiger partial charge is 0.552 e. The molecule has 0 atom stereocenters. The summed E-state index contributed by atoms with van der Waals surface area (Å²) in [6.45, 7) is 52.7. The maximum atomic E-state index is 16.2. The normalized spacial score (nSPS) is 13.5. The zero-order valence-corrected chi connectivity index (χ0v) is 70.0. The summed E-state index contributed by atoms with van der Waals surface area (Å²) in [5.74, 6) is 0.388. The molecule has 0 unspecified atom stereocenters. The van der Waals surface area contributed by atoms with Gasteiger partial charge >= 0.3 is 0 Å². The van der Waals surface area contributed by atoms with Crippen molar-refractivity contribution in [2.45, 2.75) is 243 Å². The van der Waals surface area contributed by atoms with Gasteiger partial charge in [0.05, 0.1) is 19.8 Å². The van der Waals surface area contributed by atoms with Crippen LogP contribution in [0.5, 0.6) is 11.5 Å². The fraction of sp³-hybridized carbons (Fsp3) is 0.443. The van der Waals surface area contributed by atoms with E-state index >= 15 is 8.78 Å². The molecule has 105 heavy (non-hydrogen) atoms. The smallest absolute Gasteiger partial charge is 0.127 e. The van der Waals surface area contributed by atoms with E-state index in [1.807, 2.05) is 0 Å². The Bertz CT molecular complexity index is 4710. The minimum atomic E-state index is -0.386. The molecule has 11 rings (SSSR count). The molecule has 1 aliphatic rings. The molecule has 0 aliphatic carbocycles. The first-order valence-corrected chi connectivity index (χ1v) is 37.8. The zero-order valence-electron chi connectivity index (χ0n) is 68.2. The molecule has 0 aromatic heterocycles. The predicted molar refractivity (Wildman–Crippen MR) is 441 cm³/mol. The van der Waals surface area contributed by atoms with Crippen LogP contribution >= 0.6 is 0 Å². The van der Waals surface area contributed by atoms with Crippen LogP contribution < -0.4 is 9.47 Å². The molecule has 5 nitrogen and oxygen atoms in total. The summed E-state index contributed by atoms with van der Waals surface area (Å²) in [4.78, 5) is 0. The van der Waals surface area contributed by atoms with E-state index in [1.165, 1.54) is 47.2 Å². The standard InChI is InChI=1S/C92H111F2O4.C4H8O.CH3.Sc/c1-85(2,3)55-91(19,20)65-47-73(79(53-95)77(49-65)83-69-35-31-61(87(7,8)9)43-59(69)41-57-27-29-63(45-71(57)83)89(13,14)15)75-51-67(93)33-37-81(75)97-39-25-24-26-40-98-82-38-34-68(94)52-76(82)74-48-66(92(21,22)56-86(4,5)6)50-78(80(74)54-96-23)84-70-36-32-62(88(10,11)12)44-60(70)42-58-28-30-64(46-72(58)84)90(16,17)18;1-2-4-5-3-1;;/h27-38,41-52,95H,23-26,39-40,53-56H2,1-22H3;1-4H2;1H3;/q-1;;-1;. The van der Waals surface area contributed by atoms with Crippen LogP contribution in [-0.2, 0) is 81.0 Å². The fourth-order valence-corrected chi connectivity index (χ4v) is 16.0. The van der Waals surface area contributed by atoms with Crippen LogP contribution in [-0.4, -0.2) is 31.5 Å². The third-order valence-corrected chi connectivity index (χ3v) is 20.9. The van der Waals surface area contributed by atoms with E-state index in [-0.39, 0.29) is 101 Å². The Balaban J connectivity index is 0.00000191. The van der Waals surface area contributed by atoms with Gasteiger partial charge in [-0.05, 0) is 270 Å². The second-order valence-electron chi connectivity index (χ2n) is 37.5. The van der Waals surface area contributed by atoms with Gasteiger partial charge in [0.1, 0.15) is 23.1 Å². The predicted octanol–water partition coefficient (Wildman–Crippen LogP) is 27.5. The van der Waals surface area contributed by atoms with Crippen LogP contribution in [0.3, 0.4) is 0 Å². The minimum Gasteiger partial charge on any atom is -0.552 e. The summed E-state index contributed by atoms with van der Waals surface area (Å²) in [7, 11) is 3.99. The Morgan fingerprint density at radius 1 is 0.381 bits per heavy atom. The first-order chi connectivity index (χ1) is 48.0. The van der Waals surface area contributed by atoms with Crippen LogP contribution in [0.4, 0.5) is 8.78 Å². The van der Waals surface area contributed by atoms with E-state index < -0.39 is 0 Å². The molecule has 1 saturated heterocycles. The third kappa shape index (κ3) is 19.9. The van der Waals surface area contributed by atoms with Crippen LogP contribution in [0.15, 0.2) is 146 Å². The Labute approximate surface area is 649 Å². The molecule has 0 saturated carbocycles. The molecule has 1 aliphatic heterocycles. The summed E-state index contributed by atoms with van der Waals surface area (Å²) in [6.07, 6.45) is 6.48. The molecule has 559 valence electrons. The van der Waals surface area contributed by atoms with Gasteiger partial charge < -0.3 is 31.5 Å². The summed E-state index contributed by atoms with van der Waals surface area (Å²) in [6, 6.07) is 50.9. The van der Waals surface area contributed by atoms with E-state index in [9.17, 15) is 5.11 Å². The summed E-state index contributed by atoms with van der Waals surface area (Å²) < 4.78 is 56.9.